The molecule has 0 unspecified atom stereocenters. The van der Waals surface area contributed by atoms with E-state index in [2.05, 4.69) is 41.8 Å². The number of amides is 1. The summed E-state index contributed by atoms with van der Waals surface area (Å²) in [5.41, 5.74) is 6.80. The number of carbonyl (C=O) groups excluding carboxylic acids is 1. The molecule has 0 saturated carbocycles. The lowest BCUT2D eigenvalue weighted by atomic mass is 9.95. The second kappa shape index (κ2) is 7.89. The van der Waals surface area contributed by atoms with Gasteiger partial charge in [0.2, 0.25) is 5.91 Å². The van der Waals surface area contributed by atoms with Crippen LogP contribution in [0.2, 0.25) is 0 Å². The fraction of sp³-hybridized carbons (Fsp3) is 0.304. The van der Waals surface area contributed by atoms with Crippen LogP contribution >= 0.6 is 0 Å². The Hall–Kier alpha value is -3.08. The van der Waals surface area contributed by atoms with Gasteiger partial charge in [-0.2, -0.15) is 0 Å². The summed E-state index contributed by atoms with van der Waals surface area (Å²) < 4.78 is 5.87. The van der Waals surface area contributed by atoms with E-state index in [4.69, 9.17) is 4.74 Å². The molecule has 0 radical (unpaired) electrons. The molecule has 0 saturated heterocycles. The first-order chi connectivity index (χ1) is 13.3. The fourth-order valence-electron chi connectivity index (χ4n) is 3.35. The minimum Gasteiger partial charge on any atom is -0.492 e. The molecule has 0 aliphatic carbocycles. The van der Waals surface area contributed by atoms with Crippen LogP contribution in [0.1, 0.15) is 30.7 Å². The van der Waals surface area contributed by atoms with E-state index in [0.717, 1.165) is 50.4 Å². The zero-order valence-electron chi connectivity index (χ0n) is 17.1. The molecule has 2 aromatic heterocycles. The Morgan fingerprint density at radius 3 is 2.75 bits per heavy atom. The van der Waals surface area contributed by atoms with Gasteiger partial charge in [0.25, 0.3) is 0 Å². The minimum atomic E-state index is -0.218. The summed E-state index contributed by atoms with van der Waals surface area (Å²) in [6.45, 7) is 14.5. The molecule has 5 heteroatoms. The monoisotopic (exact) mass is 377 g/mol. The molecule has 0 bridgehead atoms. The lowest BCUT2D eigenvalue weighted by molar-refractivity contribution is -0.111. The molecule has 2 heterocycles. The van der Waals surface area contributed by atoms with E-state index < -0.39 is 0 Å². The number of aromatic nitrogens is 2. The topological polar surface area (TPSA) is 67.0 Å². The maximum absolute atomic E-state index is 11.9. The van der Waals surface area contributed by atoms with Crippen molar-refractivity contribution in [2.24, 2.45) is 5.92 Å². The summed E-state index contributed by atoms with van der Waals surface area (Å²) in [5.74, 6) is 0.981. The number of nitrogens with one attached hydrogen (secondary N) is 2. The van der Waals surface area contributed by atoms with Gasteiger partial charge in [0.1, 0.15) is 11.4 Å². The van der Waals surface area contributed by atoms with Gasteiger partial charge >= 0.3 is 0 Å². The third-order valence-corrected chi connectivity index (χ3v) is 4.77. The summed E-state index contributed by atoms with van der Waals surface area (Å²) >= 11 is 0. The predicted molar refractivity (Wildman–Crippen MR) is 115 cm³/mol. The zero-order chi connectivity index (χ0) is 20.4. The van der Waals surface area contributed by atoms with E-state index in [1.165, 1.54) is 6.08 Å². The van der Waals surface area contributed by atoms with Crippen LogP contribution in [0.15, 0.2) is 37.1 Å². The molecule has 3 aromatic rings. The molecule has 3 rings (SSSR count). The maximum atomic E-state index is 11.9. The van der Waals surface area contributed by atoms with Gasteiger partial charge in [-0.25, -0.2) is 4.98 Å². The van der Waals surface area contributed by atoms with Gasteiger partial charge in [-0.15, -0.1) is 0 Å². The number of aromatic amines is 1. The van der Waals surface area contributed by atoms with Crippen molar-refractivity contribution in [1.29, 1.82) is 0 Å². The number of rotatable bonds is 6. The summed E-state index contributed by atoms with van der Waals surface area (Å²) in [7, 11) is 0. The normalized spacial score (nSPS) is 11.1. The number of carbonyl (C=O) groups is 1. The van der Waals surface area contributed by atoms with Crippen LogP contribution in [0.4, 0.5) is 5.69 Å². The van der Waals surface area contributed by atoms with Crippen LogP contribution in [0.5, 0.6) is 5.75 Å². The standard InChI is InChI=1S/C23H27N3O2/c1-7-20(27)26-22-14(4)8-9-18(15(22)5)21-16(6)25-23-19(21)10-17(11-24-23)28-12-13(2)3/h7-11,13H,1,12H2,2-6H3,(H,24,25)(H,26,27). The van der Waals surface area contributed by atoms with Gasteiger partial charge < -0.3 is 15.0 Å². The van der Waals surface area contributed by atoms with Crippen molar-refractivity contribution in [2.45, 2.75) is 34.6 Å². The molecule has 146 valence electrons. The van der Waals surface area contributed by atoms with Crippen LogP contribution in [0.3, 0.4) is 0 Å². The summed E-state index contributed by atoms with van der Waals surface area (Å²) in [6.07, 6.45) is 3.03. The average Bonchev–Trinajstić information content (AvgIpc) is 2.98. The Balaban J connectivity index is 2.13. The van der Waals surface area contributed by atoms with Gasteiger partial charge in [0.15, 0.2) is 0 Å². The van der Waals surface area contributed by atoms with Crippen LogP contribution < -0.4 is 10.1 Å². The lowest BCUT2D eigenvalue weighted by Crippen LogP contribution is -2.10. The number of aryl methyl sites for hydroxylation is 2. The molecule has 0 spiro atoms. The SMILES string of the molecule is C=CC(=O)Nc1c(C)ccc(-c2c(C)[nH]c3ncc(OCC(C)C)cc23)c1C. The average molecular weight is 377 g/mol. The number of hydrogen-bond donors (Lipinski definition) is 2. The molecule has 28 heavy (non-hydrogen) atoms. The highest BCUT2D eigenvalue weighted by Gasteiger charge is 2.17. The number of nitrogens with zero attached hydrogens (tertiary/aromatic N) is 1. The van der Waals surface area contributed by atoms with Crippen molar-refractivity contribution < 1.29 is 9.53 Å². The molecule has 0 atom stereocenters. The highest BCUT2D eigenvalue weighted by atomic mass is 16.5. The first-order valence-electron chi connectivity index (χ1n) is 9.47. The third-order valence-electron chi connectivity index (χ3n) is 4.77. The van der Waals surface area contributed by atoms with E-state index in [0.29, 0.717) is 12.5 Å². The highest BCUT2D eigenvalue weighted by Crippen LogP contribution is 2.38. The number of fused-ring (bicyclic) bond motifs is 1. The van der Waals surface area contributed by atoms with E-state index >= 15 is 0 Å². The molecule has 5 nitrogen and oxygen atoms in total. The molecule has 0 fully saturated rings. The van der Waals surface area contributed by atoms with Gasteiger partial charge in [-0.1, -0.05) is 32.6 Å². The first-order valence-corrected chi connectivity index (χ1v) is 9.47. The Kier molecular flexibility index (Phi) is 5.54. The van der Waals surface area contributed by atoms with Gasteiger partial charge in [0, 0.05) is 22.3 Å². The summed E-state index contributed by atoms with van der Waals surface area (Å²) in [6, 6.07) is 6.14. The molecule has 1 amide bonds. The van der Waals surface area contributed by atoms with Crippen molar-refractivity contribution in [3.63, 3.8) is 0 Å². The molecule has 2 N–H and O–H groups in total. The molecular weight excluding hydrogens is 350 g/mol. The second-order valence-electron chi connectivity index (χ2n) is 7.52. The largest absolute Gasteiger partial charge is 0.492 e. The summed E-state index contributed by atoms with van der Waals surface area (Å²) in [5, 5.41) is 3.94. The van der Waals surface area contributed by atoms with Crippen molar-refractivity contribution in [3.05, 3.63) is 53.9 Å². The number of pyridine rings is 1. The maximum Gasteiger partial charge on any atom is 0.247 e. The fourth-order valence-corrected chi connectivity index (χ4v) is 3.35. The van der Waals surface area contributed by atoms with Gasteiger partial charge in [-0.05, 0) is 55.5 Å². The van der Waals surface area contributed by atoms with E-state index in [1.54, 1.807) is 6.20 Å². The Labute approximate surface area is 165 Å². The van der Waals surface area contributed by atoms with Crippen LogP contribution in [0, 0.1) is 26.7 Å². The molecule has 0 aliphatic rings. The van der Waals surface area contributed by atoms with Gasteiger partial charge in [-0.3, -0.25) is 4.79 Å². The minimum absolute atomic E-state index is 0.218. The highest BCUT2D eigenvalue weighted by molar-refractivity contribution is 6.02. The number of ether oxygens (including phenoxy) is 1. The number of benzene rings is 1. The number of H-pyrrole nitrogens is 1. The Bertz CT molecular complexity index is 1050. The van der Waals surface area contributed by atoms with E-state index in [9.17, 15) is 4.79 Å². The zero-order valence-corrected chi connectivity index (χ0v) is 17.1. The first kappa shape index (κ1) is 19.7. The van der Waals surface area contributed by atoms with Crippen LogP contribution in [-0.4, -0.2) is 22.5 Å². The van der Waals surface area contributed by atoms with Crippen molar-refractivity contribution in [3.8, 4) is 16.9 Å². The van der Waals surface area contributed by atoms with Crippen molar-refractivity contribution in [1.82, 2.24) is 9.97 Å². The van der Waals surface area contributed by atoms with Gasteiger partial charge in [0.05, 0.1) is 12.8 Å². The molecule has 0 aliphatic heterocycles. The number of hydrogen-bond acceptors (Lipinski definition) is 3. The smallest absolute Gasteiger partial charge is 0.247 e. The quantitative estimate of drug-likeness (QED) is 0.572. The Morgan fingerprint density at radius 1 is 1.32 bits per heavy atom. The Morgan fingerprint density at radius 2 is 2.07 bits per heavy atom. The lowest BCUT2D eigenvalue weighted by Gasteiger charge is -2.15. The van der Waals surface area contributed by atoms with Crippen molar-refractivity contribution in [2.75, 3.05) is 11.9 Å². The number of anilines is 1. The predicted octanol–water partition coefficient (Wildman–Crippen LogP) is 5.31. The summed E-state index contributed by atoms with van der Waals surface area (Å²) in [4.78, 5) is 19.8. The molecular formula is C23H27N3O2. The second-order valence-corrected chi connectivity index (χ2v) is 7.52. The van der Waals surface area contributed by atoms with E-state index in [1.807, 2.05) is 32.9 Å². The van der Waals surface area contributed by atoms with Crippen LogP contribution in [-0.2, 0) is 4.79 Å². The van der Waals surface area contributed by atoms with Crippen molar-refractivity contribution >= 4 is 22.6 Å². The van der Waals surface area contributed by atoms with Crippen LogP contribution in [0.25, 0.3) is 22.2 Å². The van der Waals surface area contributed by atoms with E-state index in [-0.39, 0.29) is 5.91 Å². The third kappa shape index (κ3) is 3.79. The molecule has 1 aromatic carbocycles.